The summed E-state index contributed by atoms with van der Waals surface area (Å²) < 4.78 is 25.4. The molecule has 0 radical (unpaired) electrons. The van der Waals surface area contributed by atoms with Gasteiger partial charge in [0.25, 0.3) is 5.91 Å². The molecule has 0 atom stereocenters. The van der Waals surface area contributed by atoms with Gasteiger partial charge in [-0.25, -0.2) is 13.1 Å². The molecule has 0 saturated heterocycles. The van der Waals surface area contributed by atoms with Crippen LogP contribution in [0.3, 0.4) is 0 Å². The fourth-order valence-corrected chi connectivity index (χ4v) is 3.26. The Labute approximate surface area is 160 Å². The van der Waals surface area contributed by atoms with Gasteiger partial charge in [-0.15, -0.1) is 6.42 Å². The maximum atomic E-state index is 12.5. The molecule has 2 aromatic rings. The molecule has 1 amide bonds. The Balaban J connectivity index is 2.44. The SMILES string of the molecule is C#CCON=Cc1c(S(C)(=O)=O)ccc(C(=O)Nc2nnnn2CC)c1Cl. The number of hydrogen-bond acceptors (Lipinski definition) is 8. The Morgan fingerprint density at radius 3 is 2.89 bits per heavy atom. The highest BCUT2D eigenvalue weighted by Gasteiger charge is 2.22. The Kier molecular flexibility index (Phi) is 6.49. The molecular weight excluding hydrogens is 396 g/mol. The molecule has 0 bridgehead atoms. The third kappa shape index (κ3) is 4.81. The van der Waals surface area contributed by atoms with Crippen molar-refractivity contribution in [1.29, 1.82) is 0 Å². The van der Waals surface area contributed by atoms with Crippen molar-refractivity contribution in [3.05, 3.63) is 28.3 Å². The fraction of sp³-hybridized carbons (Fsp3) is 0.267. The summed E-state index contributed by atoms with van der Waals surface area (Å²) in [5, 5.41) is 16.8. The van der Waals surface area contributed by atoms with E-state index in [0.29, 0.717) is 6.54 Å². The molecule has 0 aliphatic carbocycles. The lowest BCUT2D eigenvalue weighted by atomic mass is 10.1. The maximum Gasteiger partial charge on any atom is 0.259 e. The number of carbonyl (C=O) groups is 1. The van der Waals surface area contributed by atoms with Gasteiger partial charge in [-0.3, -0.25) is 10.1 Å². The number of anilines is 1. The van der Waals surface area contributed by atoms with Crippen molar-refractivity contribution in [3.63, 3.8) is 0 Å². The summed E-state index contributed by atoms with van der Waals surface area (Å²) in [6.07, 6.45) is 7.14. The summed E-state index contributed by atoms with van der Waals surface area (Å²) >= 11 is 6.27. The van der Waals surface area contributed by atoms with Gasteiger partial charge in [0.05, 0.1) is 21.7 Å². The number of rotatable bonds is 7. The van der Waals surface area contributed by atoms with E-state index in [1.807, 2.05) is 0 Å². The molecule has 2 rings (SSSR count). The largest absolute Gasteiger partial charge is 0.383 e. The lowest BCUT2D eigenvalue weighted by Gasteiger charge is -2.11. The number of benzene rings is 1. The van der Waals surface area contributed by atoms with E-state index in [0.717, 1.165) is 12.5 Å². The number of nitrogens with zero attached hydrogens (tertiary/aromatic N) is 5. The maximum absolute atomic E-state index is 12.5. The molecule has 1 N–H and O–H groups in total. The third-order valence-electron chi connectivity index (χ3n) is 3.24. The Morgan fingerprint density at radius 1 is 1.52 bits per heavy atom. The second kappa shape index (κ2) is 8.61. The van der Waals surface area contributed by atoms with Crippen molar-refractivity contribution < 1.29 is 18.0 Å². The standard InChI is InChI=1S/C15H15ClN6O4S/c1-4-8-26-17-9-11-12(27(3,24)25)7-6-10(13(11)16)14(23)18-15-19-20-21-22(15)5-2/h1,6-7,9H,5,8H2,2-3H3,(H,18,19,21,23). The number of carbonyl (C=O) groups excluding carboxylic acids is 1. The molecular formula is C15H15ClN6O4S. The summed E-state index contributed by atoms with van der Waals surface area (Å²) in [5.41, 5.74) is 0.00652. The minimum absolute atomic E-state index is 0.000999. The molecule has 142 valence electrons. The predicted molar refractivity (Wildman–Crippen MR) is 98.4 cm³/mol. The Bertz CT molecular complexity index is 1030. The molecule has 1 aromatic carbocycles. The highest BCUT2D eigenvalue weighted by molar-refractivity contribution is 7.90. The lowest BCUT2D eigenvalue weighted by molar-refractivity contribution is 0.102. The van der Waals surface area contributed by atoms with E-state index < -0.39 is 15.7 Å². The highest BCUT2D eigenvalue weighted by Crippen LogP contribution is 2.27. The van der Waals surface area contributed by atoms with Crippen LogP contribution in [0.2, 0.25) is 5.02 Å². The van der Waals surface area contributed by atoms with Crippen LogP contribution >= 0.6 is 11.6 Å². The number of halogens is 1. The summed E-state index contributed by atoms with van der Waals surface area (Å²) in [4.78, 5) is 17.2. The van der Waals surface area contributed by atoms with Gasteiger partial charge in [0.1, 0.15) is 0 Å². The van der Waals surface area contributed by atoms with E-state index in [-0.39, 0.29) is 33.6 Å². The van der Waals surface area contributed by atoms with Crippen molar-refractivity contribution >= 4 is 39.5 Å². The summed E-state index contributed by atoms with van der Waals surface area (Å²) in [5.74, 6) is 1.71. The molecule has 12 heteroatoms. The molecule has 0 spiro atoms. The van der Waals surface area contributed by atoms with Gasteiger partial charge in [0.15, 0.2) is 16.4 Å². The van der Waals surface area contributed by atoms with E-state index in [1.54, 1.807) is 6.92 Å². The molecule has 0 unspecified atom stereocenters. The van der Waals surface area contributed by atoms with Crippen LogP contribution in [0.1, 0.15) is 22.8 Å². The highest BCUT2D eigenvalue weighted by atomic mass is 35.5. The molecule has 27 heavy (non-hydrogen) atoms. The molecule has 0 aliphatic rings. The molecule has 1 heterocycles. The third-order valence-corrected chi connectivity index (χ3v) is 4.81. The van der Waals surface area contributed by atoms with Gasteiger partial charge >= 0.3 is 0 Å². The van der Waals surface area contributed by atoms with Crippen molar-refractivity contribution in [2.24, 2.45) is 5.16 Å². The minimum atomic E-state index is -3.64. The van der Waals surface area contributed by atoms with Crippen LogP contribution in [0.5, 0.6) is 0 Å². The first kappa shape index (κ1) is 20.3. The normalized spacial score (nSPS) is 11.3. The van der Waals surface area contributed by atoms with Gasteiger partial charge in [0.2, 0.25) is 5.95 Å². The first-order valence-electron chi connectivity index (χ1n) is 7.48. The van der Waals surface area contributed by atoms with Crippen molar-refractivity contribution in [2.45, 2.75) is 18.4 Å². The second-order valence-corrected chi connectivity index (χ2v) is 7.46. The van der Waals surface area contributed by atoms with E-state index in [4.69, 9.17) is 22.9 Å². The van der Waals surface area contributed by atoms with Gasteiger partial charge in [-0.2, -0.15) is 0 Å². The summed E-state index contributed by atoms with van der Waals surface area (Å²) in [6.45, 7) is 2.13. The topological polar surface area (TPSA) is 128 Å². The average Bonchev–Trinajstić information content (AvgIpc) is 3.05. The number of amides is 1. The smallest absolute Gasteiger partial charge is 0.259 e. The molecule has 0 saturated carbocycles. The molecule has 0 aliphatic heterocycles. The second-order valence-electron chi connectivity index (χ2n) is 5.10. The molecule has 0 fully saturated rings. The zero-order chi connectivity index (χ0) is 20.0. The Hall–Kier alpha value is -2.97. The van der Waals surface area contributed by atoms with Crippen molar-refractivity contribution in [2.75, 3.05) is 18.2 Å². The quantitative estimate of drug-likeness (QED) is 0.312. The summed E-state index contributed by atoms with van der Waals surface area (Å²) in [6, 6.07) is 2.54. The van der Waals surface area contributed by atoms with Crippen LogP contribution in [0.25, 0.3) is 0 Å². The van der Waals surface area contributed by atoms with Gasteiger partial charge in [0, 0.05) is 18.4 Å². The van der Waals surface area contributed by atoms with Crippen LogP contribution < -0.4 is 5.32 Å². The zero-order valence-electron chi connectivity index (χ0n) is 14.4. The van der Waals surface area contributed by atoms with Crippen LogP contribution in [-0.4, -0.2) is 53.6 Å². The fourth-order valence-electron chi connectivity index (χ4n) is 2.03. The first-order chi connectivity index (χ1) is 12.8. The number of aryl methyl sites for hydroxylation is 1. The predicted octanol–water partition coefficient (Wildman–Crippen LogP) is 0.986. The van der Waals surface area contributed by atoms with Crippen LogP contribution in [0, 0.1) is 12.3 Å². The summed E-state index contributed by atoms with van der Waals surface area (Å²) in [7, 11) is -3.64. The van der Waals surface area contributed by atoms with Crippen LogP contribution in [0.15, 0.2) is 22.2 Å². The van der Waals surface area contributed by atoms with Crippen molar-refractivity contribution in [1.82, 2.24) is 20.2 Å². The number of oxime groups is 1. The molecule has 1 aromatic heterocycles. The van der Waals surface area contributed by atoms with E-state index >= 15 is 0 Å². The van der Waals surface area contributed by atoms with E-state index in [1.165, 1.54) is 16.8 Å². The minimum Gasteiger partial charge on any atom is -0.383 e. The van der Waals surface area contributed by atoms with Crippen molar-refractivity contribution in [3.8, 4) is 12.3 Å². The number of sulfone groups is 1. The van der Waals surface area contributed by atoms with Crippen LogP contribution in [-0.2, 0) is 21.2 Å². The number of aromatic nitrogens is 4. The average molecular weight is 411 g/mol. The van der Waals surface area contributed by atoms with Gasteiger partial charge in [-0.1, -0.05) is 27.8 Å². The molecule has 10 nitrogen and oxygen atoms in total. The van der Waals surface area contributed by atoms with Gasteiger partial charge < -0.3 is 4.84 Å². The monoisotopic (exact) mass is 410 g/mol. The zero-order valence-corrected chi connectivity index (χ0v) is 16.0. The van der Waals surface area contributed by atoms with E-state index in [9.17, 15) is 13.2 Å². The van der Waals surface area contributed by atoms with Gasteiger partial charge in [-0.05, 0) is 29.5 Å². The number of terminal acetylenes is 1. The van der Waals surface area contributed by atoms with E-state index in [2.05, 4.69) is 31.9 Å². The lowest BCUT2D eigenvalue weighted by Crippen LogP contribution is -2.18. The van der Waals surface area contributed by atoms with Crippen LogP contribution in [0.4, 0.5) is 5.95 Å². The Morgan fingerprint density at radius 2 is 2.26 bits per heavy atom. The number of tetrazole rings is 1. The first-order valence-corrected chi connectivity index (χ1v) is 9.75. The number of hydrogen-bond donors (Lipinski definition) is 1. The number of nitrogens with one attached hydrogen (secondary N) is 1.